The second-order valence-electron chi connectivity index (χ2n) is 6.65. The van der Waals surface area contributed by atoms with Gasteiger partial charge < -0.3 is 16.2 Å². The molecule has 1 amide bonds. The van der Waals surface area contributed by atoms with Gasteiger partial charge >= 0.3 is 0 Å². The molecule has 0 aliphatic rings. The number of carbonyl (C=O) groups is 1. The zero-order chi connectivity index (χ0) is 18.3. The SMILES string of the molecule is COc1ccc2c(c1C)n1c(N)c(C(N)=O)c3ccc4c(c31)n2c[n+]4C. The van der Waals surface area contributed by atoms with Crippen LogP contribution in [0.25, 0.3) is 33.0 Å². The number of nitrogen functional groups attached to an aromatic ring is 1. The molecule has 0 saturated heterocycles. The number of anilines is 1. The number of nitrogens with zero attached hydrogens (tertiary/aromatic N) is 3. The van der Waals surface area contributed by atoms with E-state index in [-0.39, 0.29) is 0 Å². The Morgan fingerprint density at radius 2 is 1.92 bits per heavy atom. The number of aryl methyl sites for hydroxylation is 2. The lowest BCUT2D eigenvalue weighted by molar-refractivity contribution is -0.645. The van der Waals surface area contributed by atoms with E-state index in [1.54, 1.807) is 7.11 Å². The molecule has 0 unspecified atom stereocenters. The summed E-state index contributed by atoms with van der Waals surface area (Å²) in [5.41, 5.74) is 18.2. The van der Waals surface area contributed by atoms with Crippen molar-refractivity contribution in [2.75, 3.05) is 12.8 Å². The van der Waals surface area contributed by atoms with Gasteiger partial charge in [-0.25, -0.2) is 4.57 Å². The smallest absolute Gasteiger partial charge is 0.253 e. The van der Waals surface area contributed by atoms with Crippen molar-refractivity contribution in [1.82, 2.24) is 8.80 Å². The summed E-state index contributed by atoms with van der Waals surface area (Å²) in [5.74, 6) is 0.586. The van der Waals surface area contributed by atoms with Crippen molar-refractivity contribution in [2.24, 2.45) is 12.8 Å². The topological polar surface area (TPSA) is 91.0 Å². The molecule has 7 nitrogen and oxygen atoms in total. The van der Waals surface area contributed by atoms with E-state index in [2.05, 4.69) is 8.97 Å². The lowest BCUT2D eigenvalue weighted by atomic mass is 10.1. The summed E-state index contributed by atoms with van der Waals surface area (Å²) >= 11 is 0. The van der Waals surface area contributed by atoms with Crippen molar-refractivity contribution >= 4 is 44.7 Å². The number of fused-ring (bicyclic) bond motifs is 3. The highest BCUT2D eigenvalue weighted by molar-refractivity contribution is 6.18. The fraction of sp³-hybridized carbons (Fsp3) is 0.158. The molecule has 3 heterocycles. The molecule has 5 rings (SSSR count). The number of carbonyl (C=O) groups excluding carboxylic acids is 1. The molecule has 0 aliphatic heterocycles. The molecule has 0 atom stereocenters. The fourth-order valence-corrected chi connectivity index (χ4v) is 4.22. The van der Waals surface area contributed by atoms with Gasteiger partial charge in [-0.1, -0.05) is 0 Å². The maximum absolute atomic E-state index is 12.1. The number of rotatable bonds is 2. The Labute approximate surface area is 148 Å². The number of amides is 1. The Morgan fingerprint density at radius 1 is 1.15 bits per heavy atom. The van der Waals surface area contributed by atoms with Crippen LogP contribution in [0.2, 0.25) is 0 Å². The summed E-state index contributed by atoms with van der Waals surface area (Å²) in [5, 5.41) is 0.760. The number of benzene rings is 2. The van der Waals surface area contributed by atoms with Gasteiger partial charge in [0.05, 0.1) is 19.7 Å². The van der Waals surface area contributed by atoms with Gasteiger partial charge in [0.1, 0.15) is 22.6 Å². The monoisotopic (exact) mass is 348 g/mol. The average molecular weight is 348 g/mol. The Morgan fingerprint density at radius 3 is 2.62 bits per heavy atom. The summed E-state index contributed by atoms with van der Waals surface area (Å²) in [6.07, 6.45) is 2.03. The first-order chi connectivity index (χ1) is 12.5. The maximum Gasteiger partial charge on any atom is 0.253 e. The molecule has 0 aliphatic carbocycles. The molecule has 2 aromatic carbocycles. The summed E-state index contributed by atoms with van der Waals surface area (Å²) in [4.78, 5) is 12.1. The van der Waals surface area contributed by atoms with E-state index in [0.29, 0.717) is 11.4 Å². The van der Waals surface area contributed by atoms with E-state index in [9.17, 15) is 4.79 Å². The van der Waals surface area contributed by atoms with Gasteiger partial charge in [0.25, 0.3) is 5.91 Å². The van der Waals surface area contributed by atoms with Gasteiger partial charge in [-0.15, -0.1) is 0 Å². The molecule has 5 aromatic rings. The normalized spacial score (nSPS) is 12.1. The molecule has 0 saturated carbocycles. The lowest BCUT2D eigenvalue weighted by Gasteiger charge is -2.11. The molecule has 4 N–H and O–H groups in total. The predicted octanol–water partition coefficient (Wildman–Crippen LogP) is 1.76. The molecular weight excluding hydrogens is 330 g/mol. The van der Waals surface area contributed by atoms with E-state index in [1.165, 1.54) is 0 Å². The van der Waals surface area contributed by atoms with Gasteiger partial charge in [0.15, 0.2) is 11.0 Å². The van der Waals surface area contributed by atoms with Crippen LogP contribution >= 0.6 is 0 Å². The highest BCUT2D eigenvalue weighted by Crippen LogP contribution is 2.39. The standard InChI is InChI=1S/C19H17N5O2/c1-9-13(26-3)7-6-12-15(9)24-16-10(14(18(24)20)19(21)25)4-5-11-17(16)23(12)8-22(11)2/h4-8H,1-3H3,(H3-,20,21,25)/p+1. The van der Waals surface area contributed by atoms with E-state index in [1.807, 2.05) is 49.0 Å². The van der Waals surface area contributed by atoms with E-state index < -0.39 is 5.91 Å². The molecule has 0 bridgehead atoms. The first-order valence-corrected chi connectivity index (χ1v) is 8.27. The highest BCUT2D eigenvalue weighted by atomic mass is 16.5. The minimum absolute atomic E-state index is 0.354. The second-order valence-corrected chi connectivity index (χ2v) is 6.65. The lowest BCUT2D eigenvalue weighted by Crippen LogP contribution is -2.24. The van der Waals surface area contributed by atoms with Crippen molar-refractivity contribution in [2.45, 2.75) is 6.92 Å². The largest absolute Gasteiger partial charge is 0.496 e. The third-order valence-electron chi connectivity index (χ3n) is 5.34. The molecule has 0 spiro atoms. The number of primary amides is 1. The number of nitrogens with two attached hydrogens (primary N) is 2. The fourth-order valence-electron chi connectivity index (χ4n) is 4.22. The molecule has 3 aromatic heterocycles. The Bertz CT molecular complexity index is 1380. The average Bonchev–Trinajstić information content (AvgIpc) is 3.09. The van der Waals surface area contributed by atoms with Crippen molar-refractivity contribution < 1.29 is 14.1 Å². The maximum atomic E-state index is 12.1. The third-order valence-corrected chi connectivity index (χ3v) is 5.34. The van der Waals surface area contributed by atoms with Crippen LogP contribution < -0.4 is 20.8 Å². The molecule has 130 valence electrons. The van der Waals surface area contributed by atoms with Crippen molar-refractivity contribution in [3.05, 3.63) is 41.7 Å². The van der Waals surface area contributed by atoms with Gasteiger partial charge in [-0.05, 0) is 31.2 Å². The van der Waals surface area contributed by atoms with Crippen molar-refractivity contribution in [3.63, 3.8) is 0 Å². The molecule has 7 heteroatoms. The summed E-state index contributed by atoms with van der Waals surface area (Å²) in [7, 11) is 3.64. The third kappa shape index (κ3) is 1.49. The number of imidazole rings is 1. The molecule has 0 fully saturated rings. The number of hydrogen-bond acceptors (Lipinski definition) is 3. The van der Waals surface area contributed by atoms with Crippen LogP contribution in [0.15, 0.2) is 30.6 Å². The van der Waals surface area contributed by atoms with Crippen LogP contribution in [0, 0.1) is 6.92 Å². The highest BCUT2D eigenvalue weighted by Gasteiger charge is 2.29. The number of ether oxygens (including phenoxy) is 1. The van der Waals surface area contributed by atoms with Crippen LogP contribution in [0.5, 0.6) is 5.75 Å². The minimum Gasteiger partial charge on any atom is -0.496 e. The van der Waals surface area contributed by atoms with Gasteiger partial charge in [-0.3, -0.25) is 9.20 Å². The Hall–Kier alpha value is -3.48. The first kappa shape index (κ1) is 14.8. The van der Waals surface area contributed by atoms with Crippen LogP contribution in [0.3, 0.4) is 0 Å². The van der Waals surface area contributed by atoms with Crippen LogP contribution in [0.4, 0.5) is 5.82 Å². The van der Waals surface area contributed by atoms with Gasteiger partial charge in [0, 0.05) is 10.9 Å². The Balaban J connectivity index is 2.24. The minimum atomic E-state index is -0.530. The molecule has 0 radical (unpaired) electrons. The quantitative estimate of drug-likeness (QED) is 0.376. The van der Waals surface area contributed by atoms with Crippen LogP contribution in [-0.4, -0.2) is 21.8 Å². The zero-order valence-electron chi connectivity index (χ0n) is 14.7. The number of aromatic nitrogens is 3. The zero-order valence-corrected chi connectivity index (χ0v) is 14.7. The Kier molecular flexibility index (Phi) is 2.61. The van der Waals surface area contributed by atoms with Crippen LogP contribution in [-0.2, 0) is 7.05 Å². The van der Waals surface area contributed by atoms with E-state index in [0.717, 1.165) is 44.3 Å². The molecular formula is C19H18N5O2+. The summed E-state index contributed by atoms with van der Waals surface area (Å²) in [6, 6.07) is 7.85. The van der Waals surface area contributed by atoms with E-state index in [4.69, 9.17) is 16.2 Å². The van der Waals surface area contributed by atoms with Crippen LogP contribution in [0.1, 0.15) is 15.9 Å². The molecule has 26 heavy (non-hydrogen) atoms. The second kappa shape index (κ2) is 4.57. The first-order valence-electron chi connectivity index (χ1n) is 8.27. The number of methoxy groups -OCH3 is 1. The van der Waals surface area contributed by atoms with E-state index >= 15 is 0 Å². The van der Waals surface area contributed by atoms with Crippen molar-refractivity contribution in [3.8, 4) is 5.75 Å². The summed E-state index contributed by atoms with van der Waals surface area (Å²) in [6.45, 7) is 1.99. The van der Waals surface area contributed by atoms with Crippen molar-refractivity contribution in [1.29, 1.82) is 0 Å². The van der Waals surface area contributed by atoms with Gasteiger partial charge in [-0.2, -0.15) is 4.40 Å². The number of hydrogen-bond donors (Lipinski definition) is 2. The predicted molar refractivity (Wildman–Crippen MR) is 99.9 cm³/mol. The summed E-state index contributed by atoms with van der Waals surface area (Å²) < 4.78 is 11.6. The van der Waals surface area contributed by atoms with Gasteiger partial charge in [0.2, 0.25) is 11.8 Å².